The van der Waals surface area contributed by atoms with E-state index in [1.807, 2.05) is 0 Å². The van der Waals surface area contributed by atoms with Crippen LogP contribution in [-0.4, -0.2) is 19.8 Å². The minimum Gasteiger partial charge on any atom is -0.508 e. The average Bonchev–Trinajstić information content (AvgIpc) is 2.39. The Morgan fingerprint density at radius 3 is 2.48 bits per heavy atom. The van der Waals surface area contributed by atoms with Crippen LogP contribution in [0.2, 0.25) is 0 Å². The Morgan fingerprint density at radius 2 is 1.81 bits per heavy atom. The molecule has 0 bridgehead atoms. The third kappa shape index (κ3) is 4.64. The lowest BCUT2D eigenvalue weighted by molar-refractivity contribution is 0.469. The molecular weight excluding hydrogens is 356 g/mol. The van der Waals surface area contributed by atoms with Crippen LogP contribution >= 0.6 is 15.9 Å². The van der Waals surface area contributed by atoms with Crippen LogP contribution < -0.4 is 10.0 Å². The third-order valence-electron chi connectivity index (χ3n) is 2.73. The third-order valence-corrected chi connectivity index (χ3v) is 3.82. The second-order valence-electron chi connectivity index (χ2n) is 4.55. The predicted molar refractivity (Wildman–Crippen MR) is 88.0 cm³/mol. The smallest absolute Gasteiger partial charge is 0.229 e. The van der Waals surface area contributed by atoms with Gasteiger partial charge in [0.25, 0.3) is 0 Å². The Labute approximate surface area is 132 Å². The maximum atomic E-state index is 11.3. The zero-order valence-corrected chi connectivity index (χ0v) is 13.7. The number of sulfonamides is 1. The van der Waals surface area contributed by atoms with Gasteiger partial charge in [0.05, 0.1) is 17.6 Å². The highest BCUT2D eigenvalue weighted by Gasteiger charge is 2.08. The molecule has 0 radical (unpaired) electrons. The lowest BCUT2D eigenvalue weighted by Crippen LogP contribution is -2.12. The maximum absolute atomic E-state index is 11.3. The van der Waals surface area contributed by atoms with Gasteiger partial charge in [-0.25, -0.2) is 8.42 Å². The first-order valence-corrected chi connectivity index (χ1v) is 8.82. The van der Waals surface area contributed by atoms with E-state index in [4.69, 9.17) is 0 Å². The van der Waals surface area contributed by atoms with Crippen molar-refractivity contribution in [2.75, 3.05) is 16.3 Å². The number of halogens is 1. The van der Waals surface area contributed by atoms with Crippen molar-refractivity contribution in [3.63, 3.8) is 0 Å². The van der Waals surface area contributed by atoms with Crippen LogP contribution in [-0.2, 0) is 16.6 Å². The van der Waals surface area contributed by atoms with Crippen LogP contribution in [0.1, 0.15) is 5.56 Å². The fraction of sp³-hybridized carbons (Fsp3) is 0.143. The first-order chi connectivity index (χ1) is 9.85. The van der Waals surface area contributed by atoms with Gasteiger partial charge < -0.3 is 10.4 Å². The SMILES string of the molecule is CS(=O)(=O)Nc1ccccc1NCc1cc(Br)ccc1O. The van der Waals surface area contributed by atoms with E-state index in [0.717, 1.165) is 10.7 Å². The largest absolute Gasteiger partial charge is 0.508 e. The number of benzene rings is 2. The number of nitrogens with one attached hydrogen (secondary N) is 2. The molecule has 0 saturated carbocycles. The Morgan fingerprint density at radius 1 is 1.14 bits per heavy atom. The van der Waals surface area contributed by atoms with Crippen molar-refractivity contribution in [3.8, 4) is 5.75 Å². The minimum atomic E-state index is -3.34. The van der Waals surface area contributed by atoms with E-state index in [9.17, 15) is 13.5 Å². The molecule has 112 valence electrons. The molecule has 0 fully saturated rings. The summed E-state index contributed by atoms with van der Waals surface area (Å²) < 4.78 is 26.0. The number of rotatable bonds is 5. The average molecular weight is 371 g/mol. The molecule has 0 aliphatic rings. The topological polar surface area (TPSA) is 78.4 Å². The molecular formula is C14H15BrN2O3S. The summed E-state index contributed by atoms with van der Waals surface area (Å²) in [5.74, 6) is 0.180. The molecule has 0 spiro atoms. The summed E-state index contributed by atoms with van der Waals surface area (Å²) in [5.41, 5.74) is 1.82. The predicted octanol–water partition coefficient (Wildman–Crippen LogP) is 3.14. The summed E-state index contributed by atoms with van der Waals surface area (Å²) in [7, 11) is -3.34. The van der Waals surface area contributed by atoms with Gasteiger partial charge in [-0.05, 0) is 30.3 Å². The quantitative estimate of drug-likeness (QED) is 0.755. The summed E-state index contributed by atoms with van der Waals surface area (Å²) in [5, 5.41) is 12.9. The number of phenols is 1. The van der Waals surface area contributed by atoms with Gasteiger partial charge in [0.2, 0.25) is 10.0 Å². The van der Waals surface area contributed by atoms with Gasteiger partial charge in [-0.1, -0.05) is 28.1 Å². The van der Waals surface area contributed by atoms with Gasteiger partial charge in [0.1, 0.15) is 5.75 Å². The van der Waals surface area contributed by atoms with E-state index in [1.165, 1.54) is 0 Å². The molecule has 21 heavy (non-hydrogen) atoms. The van der Waals surface area contributed by atoms with Crippen LogP contribution in [0.4, 0.5) is 11.4 Å². The molecule has 0 saturated heterocycles. The number of aromatic hydroxyl groups is 1. The highest BCUT2D eigenvalue weighted by atomic mass is 79.9. The second kappa shape index (κ2) is 6.36. The minimum absolute atomic E-state index is 0.180. The summed E-state index contributed by atoms with van der Waals surface area (Å²) >= 11 is 3.35. The number of hydrogen-bond acceptors (Lipinski definition) is 4. The van der Waals surface area contributed by atoms with Crippen molar-refractivity contribution in [2.24, 2.45) is 0 Å². The molecule has 0 heterocycles. The van der Waals surface area contributed by atoms with E-state index in [0.29, 0.717) is 23.5 Å². The summed E-state index contributed by atoms with van der Waals surface area (Å²) in [6, 6.07) is 12.1. The fourth-order valence-electron chi connectivity index (χ4n) is 1.81. The highest BCUT2D eigenvalue weighted by molar-refractivity contribution is 9.10. The molecule has 2 rings (SSSR count). The Balaban J connectivity index is 2.18. The lowest BCUT2D eigenvalue weighted by Gasteiger charge is -2.13. The van der Waals surface area contributed by atoms with Crippen LogP contribution in [0.3, 0.4) is 0 Å². The molecule has 0 aliphatic carbocycles. The molecule has 0 aromatic heterocycles. The van der Waals surface area contributed by atoms with E-state index in [-0.39, 0.29) is 5.75 Å². The Kier molecular flexibility index (Phi) is 4.74. The molecule has 3 N–H and O–H groups in total. The van der Waals surface area contributed by atoms with Gasteiger partial charge >= 0.3 is 0 Å². The zero-order chi connectivity index (χ0) is 15.5. The molecule has 0 unspecified atom stereocenters. The maximum Gasteiger partial charge on any atom is 0.229 e. The van der Waals surface area contributed by atoms with E-state index < -0.39 is 10.0 Å². The van der Waals surface area contributed by atoms with Gasteiger partial charge in [-0.3, -0.25) is 4.72 Å². The van der Waals surface area contributed by atoms with Gasteiger partial charge in [0, 0.05) is 16.6 Å². The van der Waals surface area contributed by atoms with Crippen LogP contribution in [0.25, 0.3) is 0 Å². The molecule has 0 amide bonds. The molecule has 2 aromatic carbocycles. The van der Waals surface area contributed by atoms with Gasteiger partial charge in [-0.15, -0.1) is 0 Å². The van der Waals surface area contributed by atoms with Gasteiger partial charge in [-0.2, -0.15) is 0 Å². The van der Waals surface area contributed by atoms with Crippen molar-refractivity contribution >= 4 is 37.3 Å². The van der Waals surface area contributed by atoms with Crippen molar-refractivity contribution < 1.29 is 13.5 Å². The van der Waals surface area contributed by atoms with Crippen LogP contribution in [0.5, 0.6) is 5.75 Å². The Hall–Kier alpha value is -1.73. The lowest BCUT2D eigenvalue weighted by atomic mass is 10.2. The molecule has 5 nitrogen and oxygen atoms in total. The number of para-hydroxylation sites is 2. The number of hydrogen-bond donors (Lipinski definition) is 3. The van der Waals surface area contributed by atoms with Crippen LogP contribution in [0, 0.1) is 0 Å². The monoisotopic (exact) mass is 370 g/mol. The second-order valence-corrected chi connectivity index (χ2v) is 7.21. The van der Waals surface area contributed by atoms with Crippen molar-refractivity contribution in [1.29, 1.82) is 0 Å². The number of phenolic OH excluding ortho intramolecular Hbond substituents is 1. The Bertz CT molecular complexity index is 748. The van der Waals surface area contributed by atoms with Crippen molar-refractivity contribution in [3.05, 3.63) is 52.5 Å². The summed E-state index contributed by atoms with van der Waals surface area (Å²) in [6.45, 7) is 0.369. The van der Waals surface area contributed by atoms with Crippen molar-refractivity contribution in [2.45, 2.75) is 6.54 Å². The number of anilines is 2. The van der Waals surface area contributed by atoms with Gasteiger partial charge in [0.15, 0.2) is 0 Å². The van der Waals surface area contributed by atoms with Crippen LogP contribution in [0.15, 0.2) is 46.9 Å². The molecule has 7 heteroatoms. The molecule has 0 aliphatic heterocycles. The normalized spacial score (nSPS) is 11.1. The zero-order valence-electron chi connectivity index (χ0n) is 11.3. The highest BCUT2D eigenvalue weighted by Crippen LogP contribution is 2.26. The first kappa shape index (κ1) is 15.7. The van der Waals surface area contributed by atoms with Crippen molar-refractivity contribution in [1.82, 2.24) is 0 Å². The molecule has 0 atom stereocenters. The molecule has 2 aromatic rings. The summed E-state index contributed by atoms with van der Waals surface area (Å²) in [4.78, 5) is 0. The first-order valence-electron chi connectivity index (χ1n) is 6.13. The summed E-state index contributed by atoms with van der Waals surface area (Å²) in [6.07, 6.45) is 1.10. The van der Waals surface area contributed by atoms with E-state index >= 15 is 0 Å². The van der Waals surface area contributed by atoms with E-state index in [2.05, 4.69) is 26.0 Å². The van der Waals surface area contributed by atoms with E-state index in [1.54, 1.807) is 42.5 Å². The standard InChI is InChI=1S/C14H15BrN2O3S/c1-21(19,20)17-13-5-3-2-4-12(13)16-9-10-8-11(15)6-7-14(10)18/h2-8,16-18H,9H2,1H3. The fourth-order valence-corrected chi connectivity index (χ4v) is 2.80.